The molecule has 10 N–H and O–H groups in total. The summed E-state index contributed by atoms with van der Waals surface area (Å²) in [4.78, 5) is 0.882. The lowest BCUT2D eigenvalue weighted by Gasteiger charge is -2.28. The van der Waals surface area contributed by atoms with E-state index in [1.165, 1.54) is 75.3 Å². The van der Waals surface area contributed by atoms with Crippen LogP contribution >= 0.6 is 0 Å². The Morgan fingerprint density at radius 2 is 0.643 bits per heavy atom. The van der Waals surface area contributed by atoms with Gasteiger partial charge in [0.15, 0.2) is 0 Å². The molecule has 0 saturated heterocycles. The fraction of sp³-hybridized carbons (Fsp3) is 0.561. The molecule has 1 unspecified atom stereocenters. The topological polar surface area (TPSA) is 316 Å². The van der Waals surface area contributed by atoms with Gasteiger partial charge in [0, 0.05) is 52.4 Å². The van der Waals surface area contributed by atoms with Gasteiger partial charge in [0.1, 0.15) is 5.82 Å². The van der Waals surface area contributed by atoms with E-state index in [4.69, 9.17) is 0 Å². The zero-order chi connectivity index (χ0) is 108. The Kier molecular flexibility index (Phi) is 46.4. The first-order valence-corrected chi connectivity index (χ1v) is 57.1. The lowest BCUT2D eigenvalue weighted by atomic mass is 9.85. The van der Waals surface area contributed by atoms with E-state index in [0.29, 0.717) is 56.2 Å². The van der Waals surface area contributed by atoms with Gasteiger partial charge in [0.2, 0.25) is 50.1 Å². The Hall–Kier alpha value is -7.22. The molecule has 0 fully saturated rings. The second-order valence-electron chi connectivity index (χ2n) is 45.9. The number of aliphatic hydroxyl groups is 3. The van der Waals surface area contributed by atoms with Crippen LogP contribution in [0.3, 0.4) is 0 Å². The van der Waals surface area contributed by atoms with Crippen molar-refractivity contribution in [2.45, 2.75) is 432 Å². The van der Waals surface area contributed by atoms with Crippen LogP contribution in [0.4, 0.5) is 4.39 Å². The molecule has 0 bridgehead atoms. The molecular formula is C114H180FN7O13S5. The van der Waals surface area contributed by atoms with Crippen LogP contribution in [-0.4, -0.2) is 99.2 Å². The van der Waals surface area contributed by atoms with Crippen molar-refractivity contribution in [2.75, 3.05) is 13.1 Å². The van der Waals surface area contributed by atoms with Gasteiger partial charge in [-0.25, -0.2) is 70.1 Å². The molecule has 0 heterocycles. The predicted molar refractivity (Wildman–Crippen MR) is 587 cm³/mol. The van der Waals surface area contributed by atoms with E-state index >= 15 is 0 Å². The van der Waals surface area contributed by atoms with Crippen LogP contribution in [0.1, 0.15) is 423 Å². The summed E-state index contributed by atoms with van der Waals surface area (Å²) < 4.78 is 153. The molecule has 786 valence electrons. The minimum absolute atomic E-state index is 0.110. The third-order valence-electron chi connectivity index (χ3n) is 23.2. The highest BCUT2D eigenvalue weighted by molar-refractivity contribution is 7.90. The Morgan fingerprint density at radius 3 is 0.986 bits per heavy atom. The van der Waals surface area contributed by atoms with Gasteiger partial charge >= 0.3 is 0 Å². The van der Waals surface area contributed by atoms with Crippen LogP contribution in [-0.2, 0) is 84.3 Å². The monoisotopic (exact) mass is 2030 g/mol. The first kappa shape index (κ1) is 127. The molecule has 0 spiro atoms. The first-order chi connectivity index (χ1) is 63.5. The molecule has 0 radical (unpaired) electrons. The number of hydrogen-bond donors (Lipinski definition) is 10. The maximum Gasteiger partial charge on any atom is 0.241 e. The van der Waals surface area contributed by atoms with E-state index in [1.54, 1.807) is 125 Å². The second-order valence-corrected chi connectivity index (χ2v) is 54.3. The molecule has 0 amide bonds. The molecule has 140 heavy (non-hydrogen) atoms. The van der Waals surface area contributed by atoms with Crippen molar-refractivity contribution in [1.29, 1.82) is 0 Å². The average molecular weight is 2040 g/mol. The van der Waals surface area contributed by atoms with Gasteiger partial charge in [-0.3, -0.25) is 0 Å². The number of fused-ring (bicyclic) bond motifs is 2. The van der Waals surface area contributed by atoms with Crippen LogP contribution in [0.2, 0.25) is 0 Å². The lowest BCUT2D eigenvalue weighted by Crippen LogP contribution is -2.43. The highest BCUT2D eigenvalue weighted by Crippen LogP contribution is 2.40. The molecule has 9 aromatic carbocycles. The summed E-state index contributed by atoms with van der Waals surface area (Å²) in [6.45, 7) is 83.9. The summed E-state index contributed by atoms with van der Waals surface area (Å²) in [5.74, 6) is 1.59. The van der Waals surface area contributed by atoms with Gasteiger partial charge in [-0.15, -0.1) is 0 Å². The average Bonchev–Trinajstić information content (AvgIpc) is 0.755. The molecule has 0 aliphatic heterocycles. The summed E-state index contributed by atoms with van der Waals surface area (Å²) in [5.41, 5.74) is 7.08. The van der Waals surface area contributed by atoms with Gasteiger partial charge in [-0.1, -0.05) is 281 Å². The normalized spacial score (nSPS) is 13.2. The molecule has 20 nitrogen and oxygen atoms in total. The van der Waals surface area contributed by atoms with E-state index in [1.807, 2.05) is 128 Å². The summed E-state index contributed by atoms with van der Waals surface area (Å²) in [7, 11) is -18.2. The molecule has 9 aromatic rings. The fourth-order valence-corrected chi connectivity index (χ4v) is 24.1. The molecule has 0 aromatic heterocycles. The minimum atomic E-state index is -3.89. The SMILES string of the molecule is CC(C)NS(=O)(=O)c1ccc(C(C)C)c(C(C)(C)O)c1.CC(C)NS(=O)(=O)c1ccc(C(C)C)c(F)c1C(C)(C)O.CC(C)c1ccc(S(=O)(=O)NC(C)(C)C)c(C(C)(C)C)c1.CC(C)c1ccc(S(=O)(=O)NC(C)(C)C)c(C(C)(C)O)c1.CCC(C)(C)NS(=O)(=O)c1ccc(C(C)C)cc1C(C)(C)C.CCNC(C)c1ccc(C(C)C)c2ccccc12.CCNCc1ccc(C(C)C)c2ccccc12. The summed E-state index contributed by atoms with van der Waals surface area (Å²) in [6, 6.07) is 50.8. The first-order valence-electron chi connectivity index (χ1n) is 49.7. The Labute approximate surface area is 848 Å². The molecule has 26 heteroatoms. The quantitative estimate of drug-likeness (QED) is 0.0200. The van der Waals surface area contributed by atoms with Crippen LogP contribution in [0.25, 0.3) is 21.5 Å². The van der Waals surface area contributed by atoms with Crippen LogP contribution in [0.15, 0.2) is 182 Å². The van der Waals surface area contributed by atoms with E-state index < -0.39 is 89.4 Å². The van der Waals surface area contributed by atoms with Gasteiger partial charge in [-0.05, 0) is 328 Å². The van der Waals surface area contributed by atoms with Crippen molar-refractivity contribution >= 4 is 71.7 Å². The number of benzene rings is 9. The van der Waals surface area contributed by atoms with E-state index in [9.17, 15) is 61.8 Å². The number of halogens is 1. The number of nitrogens with one attached hydrogen (secondary N) is 7. The Morgan fingerprint density at radius 1 is 0.314 bits per heavy atom. The van der Waals surface area contributed by atoms with Crippen LogP contribution in [0, 0.1) is 5.82 Å². The molecule has 0 aliphatic rings. The molecule has 0 saturated carbocycles. The smallest absolute Gasteiger partial charge is 0.241 e. The Bertz CT molecular complexity index is 6040. The minimum Gasteiger partial charge on any atom is -0.386 e. The maximum atomic E-state index is 14.7. The van der Waals surface area contributed by atoms with E-state index in [0.717, 1.165) is 53.9 Å². The van der Waals surface area contributed by atoms with Gasteiger partial charge in [0.05, 0.1) is 41.3 Å². The van der Waals surface area contributed by atoms with Crippen LogP contribution in [0.5, 0.6) is 0 Å². The third-order valence-corrected chi connectivity index (χ3v) is 32.0. The molecule has 0 aliphatic carbocycles. The van der Waals surface area contributed by atoms with Crippen molar-refractivity contribution in [1.82, 2.24) is 34.2 Å². The lowest BCUT2D eigenvalue weighted by molar-refractivity contribution is 0.0708. The molecular weight excluding hydrogens is 1850 g/mol. The largest absolute Gasteiger partial charge is 0.386 e. The predicted octanol–water partition coefficient (Wildman–Crippen LogP) is 26.2. The van der Waals surface area contributed by atoms with E-state index in [-0.39, 0.29) is 60.9 Å². The molecule has 1 atom stereocenters. The highest BCUT2D eigenvalue weighted by atomic mass is 32.2. The van der Waals surface area contributed by atoms with Crippen molar-refractivity contribution < 1.29 is 61.8 Å². The number of sulfonamides is 5. The van der Waals surface area contributed by atoms with Gasteiger partial charge in [0.25, 0.3) is 0 Å². The number of hydrogen-bond acceptors (Lipinski definition) is 15. The fourth-order valence-electron chi connectivity index (χ4n) is 15.7. The van der Waals surface area contributed by atoms with Crippen molar-refractivity contribution in [3.8, 4) is 0 Å². The van der Waals surface area contributed by atoms with Gasteiger partial charge < -0.3 is 26.0 Å². The van der Waals surface area contributed by atoms with E-state index in [2.05, 4.69) is 204 Å². The summed E-state index contributed by atoms with van der Waals surface area (Å²) >= 11 is 0. The van der Waals surface area contributed by atoms with Crippen molar-refractivity contribution in [3.05, 3.63) is 241 Å². The third kappa shape index (κ3) is 38.3. The van der Waals surface area contributed by atoms with Crippen LogP contribution < -0.4 is 34.2 Å². The molecule has 9 rings (SSSR count). The second kappa shape index (κ2) is 51.2. The zero-order valence-corrected chi connectivity index (χ0v) is 97.0. The zero-order valence-electron chi connectivity index (χ0n) is 93.0. The number of rotatable bonds is 30. The Balaban J connectivity index is 0.000000421. The summed E-state index contributed by atoms with van der Waals surface area (Å²) in [5, 5.41) is 43.3. The van der Waals surface area contributed by atoms with Gasteiger partial charge in [-0.2, -0.15) is 0 Å². The van der Waals surface area contributed by atoms with Crippen molar-refractivity contribution in [2.24, 2.45) is 0 Å². The summed E-state index contributed by atoms with van der Waals surface area (Å²) in [6.07, 6.45) is 0.737. The standard InChI is InChI=1S/C18H31NO2S.C17H29NO2S.C17H23N.C16H27NO3S.C16H21N.C15H24FNO3S.C15H25NO3S/c1-9-18(7,8)19-22(20,21)16-11-10-14(13(2)3)12-15(16)17(4,5)6;1-12(2)13-9-10-15(14(11-13)16(3,4)5)21(19,20)18-17(6,7)8;1-5-18-13(4)15-11-10-14(12(2)3)16-8-6-7-9-17(15)16;1-11(2)12-8-9-14(13(10-12)16(6,7)18)21(19,20)17-15(3,4)5;1-4-17-11-13-9-10-14(12(2)3)16-8-6-5-7-15(13)16;1-9(2)11-7-8-12(21(19,20)17-10(3)4)13(14(11)16)15(5,6)18;1-10(2)13-8-7-12(9-14(13)15(5,6)17)20(18,19)16-11(3)4/h10-13,19H,9H2,1-8H3;9-12,18H,1-8H3;6-13,18H,5H2,1-4H3;8-11,17-18H,1-7H3;5-10,12,17H,4,11H2,1-3H3;7-10,17-18H,1-6H3;7-11,16-17H,1-6H3. The van der Waals surface area contributed by atoms with Crippen molar-refractivity contribution in [3.63, 3.8) is 0 Å². The highest BCUT2D eigenvalue weighted by Gasteiger charge is 2.37. The maximum absolute atomic E-state index is 14.7.